The fourth-order valence-corrected chi connectivity index (χ4v) is 2.81. The summed E-state index contributed by atoms with van der Waals surface area (Å²) >= 11 is 0. The highest BCUT2D eigenvalue weighted by molar-refractivity contribution is 5.79. The van der Waals surface area contributed by atoms with Gasteiger partial charge in [0.25, 0.3) is 0 Å². The second kappa shape index (κ2) is 6.66. The van der Waals surface area contributed by atoms with Gasteiger partial charge in [-0.05, 0) is 42.0 Å². The van der Waals surface area contributed by atoms with Crippen LogP contribution in [0, 0.1) is 0 Å². The molecule has 1 aliphatic rings. The van der Waals surface area contributed by atoms with Gasteiger partial charge in [0.1, 0.15) is 17.5 Å². The minimum atomic E-state index is -0.226. The number of carbonyl (C=O) groups excluding carboxylic acids is 1. The van der Waals surface area contributed by atoms with Gasteiger partial charge in [0.15, 0.2) is 0 Å². The topological polar surface area (TPSA) is 50.8 Å². The number of rotatable bonds is 4. The van der Waals surface area contributed by atoms with E-state index in [0.717, 1.165) is 28.3 Å². The third kappa shape index (κ3) is 2.93. The highest BCUT2D eigenvalue weighted by atomic mass is 16.5. The molecule has 1 heterocycles. The smallest absolute Gasteiger partial charge is 0.238 e. The van der Waals surface area contributed by atoms with Crippen molar-refractivity contribution in [2.45, 2.75) is 13.0 Å². The van der Waals surface area contributed by atoms with E-state index in [-0.39, 0.29) is 11.9 Å². The largest absolute Gasteiger partial charge is 0.497 e. The third-order valence-electron chi connectivity index (χ3n) is 4.04. The van der Waals surface area contributed by atoms with E-state index in [4.69, 9.17) is 9.47 Å². The number of nitrogens with one attached hydrogen (secondary N) is 1. The predicted molar refractivity (Wildman–Crippen MR) is 92.4 cm³/mol. The Hall–Kier alpha value is -2.95. The molecule has 2 aromatic rings. The monoisotopic (exact) mass is 324 g/mol. The molecule has 1 aliphatic heterocycles. The predicted octanol–water partition coefficient (Wildman–Crippen LogP) is 3.15. The second-order valence-electron chi connectivity index (χ2n) is 5.50. The van der Waals surface area contributed by atoms with Crippen LogP contribution in [0.2, 0.25) is 0 Å². The number of hydrazine groups is 1. The van der Waals surface area contributed by atoms with Crippen molar-refractivity contribution in [3.05, 3.63) is 65.7 Å². The van der Waals surface area contributed by atoms with Gasteiger partial charge in [-0.15, -0.1) is 0 Å². The van der Waals surface area contributed by atoms with E-state index in [2.05, 4.69) is 5.43 Å². The maximum atomic E-state index is 12.1. The van der Waals surface area contributed by atoms with Crippen molar-refractivity contribution in [2.75, 3.05) is 14.2 Å². The van der Waals surface area contributed by atoms with Gasteiger partial charge in [-0.25, -0.2) is 5.01 Å². The molecular formula is C19H20N2O3. The van der Waals surface area contributed by atoms with E-state index >= 15 is 0 Å². The van der Waals surface area contributed by atoms with Gasteiger partial charge in [-0.1, -0.05) is 18.2 Å². The number of hydrogen-bond acceptors (Lipinski definition) is 4. The summed E-state index contributed by atoms with van der Waals surface area (Å²) in [5, 5.41) is 1.61. The van der Waals surface area contributed by atoms with Crippen LogP contribution in [-0.2, 0) is 4.79 Å². The van der Waals surface area contributed by atoms with Crippen molar-refractivity contribution in [3.63, 3.8) is 0 Å². The Kier molecular flexibility index (Phi) is 4.42. The number of nitrogens with zero attached hydrogens (tertiary/aromatic N) is 1. The van der Waals surface area contributed by atoms with Crippen molar-refractivity contribution in [1.82, 2.24) is 10.4 Å². The summed E-state index contributed by atoms with van der Waals surface area (Å²) in [5.41, 5.74) is 5.99. The summed E-state index contributed by atoms with van der Waals surface area (Å²) in [4.78, 5) is 12.1. The fraction of sp³-hybridized carbons (Fsp3) is 0.211. The lowest BCUT2D eigenvalue weighted by atomic mass is 10.0. The van der Waals surface area contributed by atoms with E-state index in [1.807, 2.05) is 54.6 Å². The Morgan fingerprint density at radius 3 is 2.38 bits per heavy atom. The van der Waals surface area contributed by atoms with Gasteiger partial charge in [-0.2, -0.15) is 0 Å². The minimum Gasteiger partial charge on any atom is -0.497 e. The van der Waals surface area contributed by atoms with Crippen LogP contribution in [0.25, 0.3) is 5.70 Å². The first-order valence-electron chi connectivity index (χ1n) is 7.69. The fourth-order valence-electron chi connectivity index (χ4n) is 2.81. The highest BCUT2D eigenvalue weighted by Gasteiger charge is 2.30. The Bertz CT molecular complexity index is 768. The van der Waals surface area contributed by atoms with Crippen molar-refractivity contribution < 1.29 is 14.3 Å². The van der Waals surface area contributed by atoms with Crippen LogP contribution in [0.15, 0.2) is 54.6 Å². The molecule has 0 aromatic heterocycles. The number of hydrogen-bond donors (Lipinski definition) is 1. The molecule has 24 heavy (non-hydrogen) atoms. The van der Waals surface area contributed by atoms with Crippen molar-refractivity contribution in [2.24, 2.45) is 0 Å². The molecular weight excluding hydrogens is 304 g/mol. The number of carbonyl (C=O) groups is 1. The first-order valence-corrected chi connectivity index (χ1v) is 7.69. The van der Waals surface area contributed by atoms with Gasteiger partial charge >= 0.3 is 0 Å². The van der Waals surface area contributed by atoms with Crippen LogP contribution in [0.1, 0.15) is 24.1 Å². The van der Waals surface area contributed by atoms with E-state index < -0.39 is 0 Å². The number of benzene rings is 2. The standard InChI is InChI=1S/C19H20N2O3/c1-13(22)21-18(16-6-4-5-7-19(16)24-3)12-17(20-21)14-8-10-15(23-2)11-9-14/h4-12,18,20H,1-3H3/t18-/m0/s1. The molecule has 0 fully saturated rings. The van der Waals surface area contributed by atoms with Crippen LogP contribution in [0.5, 0.6) is 11.5 Å². The summed E-state index contributed by atoms with van der Waals surface area (Å²) in [6.07, 6.45) is 2.03. The molecule has 0 spiro atoms. The summed E-state index contributed by atoms with van der Waals surface area (Å²) in [6.45, 7) is 1.54. The van der Waals surface area contributed by atoms with Crippen LogP contribution >= 0.6 is 0 Å². The van der Waals surface area contributed by atoms with Crippen LogP contribution in [0.3, 0.4) is 0 Å². The summed E-state index contributed by atoms with van der Waals surface area (Å²) in [5.74, 6) is 1.48. The van der Waals surface area contributed by atoms with Gasteiger partial charge in [0, 0.05) is 12.5 Å². The Morgan fingerprint density at radius 1 is 1.04 bits per heavy atom. The Morgan fingerprint density at radius 2 is 1.75 bits per heavy atom. The highest BCUT2D eigenvalue weighted by Crippen LogP contribution is 2.36. The lowest BCUT2D eigenvalue weighted by Crippen LogP contribution is -2.37. The molecule has 1 N–H and O–H groups in total. The lowest BCUT2D eigenvalue weighted by molar-refractivity contribution is -0.132. The first-order chi connectivity index (χ1) is 11.6. The maximum absolute atomic E-state index is 12.1. The molecule has 5 heteroatoms. The Balaban J connectivity index is 1.99. The number of amides is 1. The average molecular weight is 324 g/mol. The molecule has 5 nitrogen and oxygen atoms in total. The van der Waals surface area contributed by atoms with E-state index in [0.29, 0.717) is 0 Å². The quantitative estimate of drug-likeness (QED) is 0.939. The molecule has 2 aromatic carbocycles. The van der Waals surface area contributed by atoms with Crippen molar-refractivity contribution in [3.8, 4) is 11.5 Å². The van der Waals surface area contributed by atoms with Gasteiger partial charge in [0.05, 0.1) is 19.9 Å². The van der Waals surface area contributed by atoms with Gasteiger partial charge in [-0.3, -0.25) is 10.2 Å². The normalized spacial score (nSPS) is 16.4. The number of para-hydroxylation sites is 1. The molecule has 1 amide bonds. The summed E-state index contributed by atoms with van der Waals surface area (Å²) in [7, 11) is 3.27. The molecule has 124 valence electrons. The molecule has 3 rings (SSSR count). The zero-order chi connectivity index (χ0) is 17.1. The zero-order valence-electron chi connectivity index (χ0n) is 13.9. The third-order valence-corrected chi connectivity index (χ3v) is 4.04. The first kappa shape index (κ1) is 15.9. The van der Waals surface area contributed by atoms with Crippen LogP contribution in [-0.4, -0.2) is 25.1 Å². The van der Waals surface area contributed by atoms with E-state index in [9.17, 15) is 4.79 Å². The van der Waals surface area contributed by atoms with E-state index in [1.54, 1.807) is 26.2 Å². The van der Waals surface area contributed by atoms with Crippen LogP contribution < -0.4 is 14.9 Å². The van der Waals surface area contributed by atoms with Crippen molar-refractivity contribution in [1.29, 1.82) is 0 Å². The van der Waals surface area contributed by atoms with Gasteiger partial charge in [0.2, 0.25) is 5.91 Å². The molecule has 1 atom stereocenters. The maximum Gasteiger partial charge on any atom is 0.238 e. The Labute approximate surface area is 141 Å². The average Bonchev–Trinajstić information content (AvgIpc) is 3.07. The summed E-state index contributed by atoms with van der Waals surface area (Å²) in [6, 6.07) is 15.2. The summed E-state index contributed by atoms with van der Waals surface area (Å²) < 4.78 is 10.6. The molecule has 0 saturated heterocycles. The van der Waals surface area contributed by atoms with Crippen LogP contribution in [0.4, 0.5) is 0 Å². The minimum absolute atomic E-state index is 0.0642. The molecule has 0 unspecified atom stereocenters. The lowest BCUT2D eigenvalue weighted by Gasteiger charge is -2.25. The van der Waals surface area contributed by atoms with Gasteiger partial charge < -0.3 is 9.47 Å². The SMILES string of the molecule is COc1ccc(C2=C[C@@H](c3ccccc3OC)N(C(C)=O)N2)cc1. The molecule has 0 aliphatic carbocycles. The van der Waals surface area contributed by atoms with Crippen molar-refractivity contribution >= 4 is 11.6 Å². The number of methoxy groups -OCH3 is 2. The second-order valence-corrected chi connectivity index (χ2v) is 5.50. The number of ether oxygens (including phenoxy) is 2. The van der Waals surface area contributed by atoms with E-state index in [1.165, 1.54) is 0 Å². The zero-order valence-corrected chi connectivity index (χ0v) is 13.9. The molecule has 0 saturated carbocycles. The molecule has 0 bridgehead atoms. The molecule has 0 radical (unpaired) electrons.